The van der Waals surface area contributed by atoms with Gasteiger partial charge >= 0.3 is 5.97 Å². The molecule has 0 unspecified atom stereocenters. The lowest BCUT2D eigenvalue weighted by Gasteiger charge is -2.37. The minimum atomic E-state index is -0.518. The highest BCUT2D eigenvalue weighted by Crippen LogP contribution is 2.41. The molecule has 0 aromatic heterocycles. The molecule has 2 aliphatic heterocycles. The van der Waals surface area contributed by atoms with Gasteiger partial charge in [0.15, 0.2) is 23.0 Å². The molecule has 2 amide bonds. The number of para-hydroxylation sites is 2. The Morgan fingerprint density at radius 3 is 2.11 bits per heavy atom. The van der Waals surface area contributed by atoms with Gasteiger partial charge < -0.3 is 52.7 Å². The van der Waals surface area contributed by atoms with Crippen molar-refractivity contribution in [2.24, 2.45) is 10.9 Å². The number of nitrogens with two attached hydrogens (primary N) is 1. The Morgan fingerprint density at radius 1 is 0.761 bits per heavy atom. The molecule has 2 N–H and O–H groups in total. The maximum atomic E-state index is 14.1. The van der Waals surface area contributed by atoms with Gasteiger partial charge in [0.25, 0.3) is 11.8 Å². The third-order valence-corrected chi connectivity index (χ3v) is 12.4. The van der Waals surface area contributed by atoms with Crippen LogP contribution in [0, 0.1) is 0 Å². The molecular formula is C54H64N6O11. The second kappa shape index (κ2) is 25.1. The maximum Gasteiger partial charge on any atom is 0.324 e. The summed E-state index contributed by atoms with van der Waals surface area (Å²) in [6.45, 7) is 10.00. The van der Waals surface area contributed by atoms with E-state index in [9.17, 15) is 14.4 Å². The number of aliphatic imine (C=N–C) groups is 1. The third-order valence-electron chi connectivity index (χ3n) is 12.4. The summed E-state index contributed by atoms with van der Waals surface area (Å²) >= 11 is 0. The van der Waals surface area contributed by atoms with Crippen LogP contribution in [0.25, 0.3) is 0 Å². The minimum absolute atomic E-state index is 0.0793. The molecule has 0 spiro atoms. The zero-order chi connectivity index (χ0) is 50.3. The van der Waals surface area contributed by atoms with Gasteiger partial charge in [0.2, 0.25) is 0 Å². The molecule has 0 atom stereocenters. The molecule has 71 heavy (non-hydrogen) atoms. The van der Waals surface area contributed by atoms with Crippen LogP contribution in [0.3, 0.4) is 0 Å². The van der Waals surface area contributed by atoms with E-state index in [1.807, 2.05) is 84.7 Å². The molecule has 0 saturated heterocycles. The van der Waals surface area contributed by atoms with E-state index in [0.29, 0.717) is 111 Å². The number of hydrogen-bond donors (Lipinski definition) is 1. The van der Waals surface area contributed by atoms with Crippen LogP contribution >= 0.6 is 0 Å². The Balaban J connectivity index is 1.17. The second-order valence-corrected chi connectivity index (χ2v) is 17.0. The summed E-state index contributed by atoms with van der Waals surface area (Å²) < 4.78 is 41.4. The largest absolute Gasteiger partial charge is 0.493 e. The Kier molecular flexibility index (Phi) is 18.3. The SMILES string of the molecule is C=Nc1cc(OCc2cc(COc3cc4c(cc3OC)C(=O)N(c3ccccc3CC)CN4C)cc(N(CCCC(=O)ON)CCOCCOCCOC)c2)c(OC)cc1C(=O)N1CCc2ccccc21. The highest BCUT2D eigenvalue weighted by atomic mass is 16.7. The second-order valence-electron chi connectivity index (χ2n) is 17.0. The fourth-order valence-corrected chi connectivity index (χ4v) is 8.78. The van der Waals surface area contributed by atoms with Crippen molar-refractivity contribution in [2.45, 2.75) is 45.8 Å². The van der Waals surface area contributed by atoms with Crippen LogP contribution in [0.2, 0.25) is 0 Å². The molecule has 2 aliphatic rings. The average Bonchev–Trinajstić information content (AvgIpc) is 3.84. The van der Waals surface area contributed by atoms with Crippen LogP contribution in [0.5, 0.6) is 23.0 Å². The van der Waals surface area contributed by atoms with Crippen LogP contribution in [0.1, 0.15) is 62.7 Å². The zero-order valence-corrected chi connectivity index (χ0v) is 41.3. The summed E-state index contributed by atoms with van der Waals surface area (Å²) in [5.41, 5.74) is 8.21. The van der Waals surface area contributed by atoms with Gasteiger partial charge in [-0.2, -0.15) is 5.90 Å². The van der Waals surface area contributed by atoms with E-state index >= 15 is 0 Å². The van der Waals surface area contributed by atoms with Crippen molar-refractivity contribution in [3.8, 4) is 23.0 Å². The molecule has 2 heterocycles. The van der Waals surface area contributed by atoms with Crippen molar-refractivity contribution in [1.82, 2.24) is 0 Å². The summed E-state index contributed by atoms with van der Waals surface area (Å²) in [7, 11) is 6.64. The number of carbonyl (C=O) groups is 3. The average molecular weight is 973 g/mol. The molecule has 7 rings (SSSR count). The number of amides is 2. The predicted octanol–water partition coefficient (Wildman–Crippen LogP) is 7.70. The molecule has 5 aromatic rings. The van der Waals surface area contributed by atoms with Crippen molar-refractivity contribution < 1.29 is 52.4 Å². The number of nitrogens with zero attached hydrogens (tertiary/aromatic N) is 5. The lowest BCUT2D eigenvalue weighted by atomic mass is 10.0. The summed E-state index contributed by atoms with van der Waals surface area (Å²) in [6.07, 6.45) is 2.10. The zero-order valence-electron chi connectivity index (χ0n) is 41.3. The number of rotatable bonds is 26. The van der Waals surface area contributed by atoms with Crippen LogP contribution in [-0.2, 0) is 49.9 Å². The number of benzene rings is 5. The molecule has 17 heteroatoms. The van der Waals surface area contributed by atoms with Crippen molar-refractivity contribution in [3.05, 3.63) is 124 Å². The summed E-state index contributed by atoms with van der Waals surface area (Å²) in [5, 5.41) is 0. The van der Waals surface area contributed by atoms with Crippen molar-refractivity contribution in [3.63, 3.8) is 0 Å². The summed E-state index contributed by atoms with van der Waals surface area (Å²) in [4.78, 5) is 56.6. The normalized spacial score (nSPS) is 12.9. The van der Waals surface area contributed by atoms with E-state index < -0.39 is 5.97 Å². The number of fused-ring (bicyclic) bond motifs is 2. The Hall–Kier alpha value is -7.18. The van der Waals surface area contributed by atoms with E-state index in [1.54, 1.807) is 42.2 Å². The van der Waals surface area contributed by atoms with Crippen LogP contribution in [-0.4, -0.2) is 112 Å². The molecule has 17 nitrogen and oxygen atoms in total. The Bertz CT molecular complexity index is 2660. The standard InChI is InChI=1S/C54H64N6O11/c1-7-39-13-8-10-15-45(39)60-36-57(3)47-33-51(49(66-6)31-43(47)54(60)63)70-35-38-27-37(28-41(29-38)58(19-12-17-52(61)71-55)21-22-67-25-26-68-24-23-64-4)34-69-50-32-44(56-2)42(30-48(50)65-5)53(62)59-20-18-40-14-9-11-16-46(40)59/h8-11,13-16,27-33H,2,7,12,17-26,34-36,55H2,1,3-6H3. The van der Waals surface area contributed by atoms with Gasteiger partial charge in [-0.1, -0.05) is 43.3 Å². The molecular weight excluding hydrogens is 909 g/mol. The third kappa shape index (κ3) is 12.6. The summed E-state index contributed by atoms with van der Waals surface area (Å²) in [6, 6.07) is 28.7. The Labute approximate surface area is 415 Å². The van der Waals surface area contributed by atoms with Crippen LogP contribution < -0.4 is 44.4 Å². The molecule has 0 radical (unpaired) electrons. The molecule has 376 valence electrons. The lowest BCUT2D eigenvalue weighted by molar-refractivity contribution is -0.144. The van der Waals surface area contributed by atoms with Gasteiger partial charge in [-0.05, 0) is 90.7 Å². The lowest BCUT2D eigenvalue weighted by Crippen LogP contribution is -2.45. The number of ether oxygens (including phenoxy) is 7. The van der Waals surface area contributed by atoms with Gasteiger partial charge in [-0.25, -0.2) is 0 Å². The number of methoxy groups -OCH3 is 3. The first-order valence-electron chi connectivity index (χ1n) is 23.7. The van der Waals surface area contributed by atoms with Gasteiger partial charge in [0.1, 0.15) is 13.2 Å². The molecule has 0 aliphatic carbocycles. The van der Waals surface area contributed by atoms with E-state index in [1.165, 1.54) is 7.11 Å². The van der Waals surface area contributed by atoms with Crippen LogP contribution in [0.15, 0.2) is 96.0 Å². The topological polar surface area (TPSA) is 176 Å². The van der Waals surface area contributed by atoms with Crippen molar-refractivity contribution in [2.75, 3.05) is 107 Å². The van der Waals surface area contributed by atoms with E-state index in [-0.39, 0.29) is 31.4 Å². The predicted molar refractivity (Wildman–Crippen MR) is 273 cm³/mol. The first-order valence-corrected chi connectivity index (χ1v) is 23.7. The molecule has 0 saturated carbocycles. The van der Waals surface area contributed by atoms with E-state index in [0.717, 1.165) is 52.2 Å². The van der Waals surface area contributed by atoms with Crippen molar-refractivity contribution >= 4 is 52.9 Å². The fraction of sp³-hybridized carbons (Fsp3) is 0.370. The highest BCUT2D eigenvalue weighted by molar-refractivity contribution is 6.13. The van der Waals surface area contributed by atoms with E-state index in [2.05, 4.69) is 28.4 Å². The number of carbonyl (C=O) groups excluding carboxylic acids is 3. The number of aryl methyl sites for hydroxylation is 1. The first kappa shape index (κ1) is 51.7. The van der Waals surface area contributed by atoms with Gasteiger partial charge in [-0.3, -0.25) is 24.3 Å². The van der Waals surface area contributed by atoms with Crippen molar-refractivity contribution in [1.29, 1.82) is 0 Å². The Morgan fingerprint density at radius 2 is 1.42 bits per heavy atom. The number of hydrogen-bond acceptors (Lipinski definition) is 15. The minimum Gasteiger partial charge on any atom is -0.493 e. The first-order chi connectivity index (χ1) is 34.6. The fourth-order valence-electron chi connectivity index (χ4n) is 8.78. The van der Waals surface area contributed by atoms with Gasteiger partial charge in [0.05, 0.1) is 76.4 Å². The molecule has 0 bridgehead atoms. The monoisotopic (exact) mass is 972 g/mol. The maximum absolute atomic E-state index is 14.1. The smallest absolute Gasteiger partial charge is 0.324 e. The summed E-state index contributed by atoms with van der Waals surface area (Å²) in [5.74, 6) is 5.90. The highest BCUT2D eigenvalue weighted by Gasteiger charge is 2.32. The van der Waals surface area contributed by atoms with Gasteiger partial charge in [-0.15, -0.1) is 0 Å². The van der Waals surface area contributed by atoms with Crippen LogP contribution in [0.4, 0.5) is 28.4 Å². The quantitative estimate of drug-likeness (QED) is 0.0324. The number of anilines is 4. The van der Waals surface area contributed by atoms with Gasteiger partial charge in [0, 0.05) is 69.4 Å². The molecule has 5 aromatic carbocycles. The van der Waals surface area contributed by atoms with E-state index in [4.69, 9.17) is 39.1 Å². The molecule has 0 fully saturated rings.